The summed E-state index contributed by atoms with van der Waals surface area (Å²) in [5.41, 5.74) is 0.711. The third-order valence-electron chi connectivity index (χ3n) is 3.88. The van der Waals surface area contributed by atoms with Crippen molar-refractivity contribution in [3.8, 4) is 0 Å². The lowest BCUT2D eigenvalue weighted by Gasteiger charge is -2.42. The second kappa shape index (κ2) is 5.40. The standard InChI is InChI=1S/C14H16ClN3O2/c15-10-4-5-16-11(7-10)8-17-9-13(19)18-6-2-1-3-12(18)14(17)20/h4-5,7,12H,1-3,6,8-9H2. The highest BCUT2D eigenvalue weighted by Gasteiger charge is 2.40. The number of nitrogens with zero attached hydrogens (tertiary/aromatic N) is 3. The van der Waals surface area contributed by atoms with E-state index in [0.717, 1.165) is 19.3 Å². The van der Waals surface area contributed by atoms with Gasteiger partial charge in [-0.2, -0.15) is 0 Å². The number of hydrogen-bond acceptors (Lipinski definition) is 3. The van der Waals surface area contributed by atoms with Crippen LogP contribution in [0.1, 0.15) is 25.0 Å². The van der Waals surface area contributed by atoms with E-state index in [2.05, 4.69) is 4.98 Å². The highest BCUT2D eigenvalue weighted by atomic mass is 35.5. The van der Waals surface area contributed by atoms with Crippen LogP contribution in [-0.4, -0.2) is 45.7 Å². The maximum absolute atomic E-state index is 12.5. The molecule has 0 N–H and O–H groups in total. The second-order valence-corrected chi connectivity index (χ2v) is 5.69. The molecule has 2 saturated heterocycles. The molecule has 2 aliphatic heterocycles. The molecule has 0 radical (unpaired) electrons. The Morgan fingerprint density at radius 3 is 3.00 bits per heavy atom. The molecule has 0 spiro atoms. The number of carbonyl (C=O) groups excluding carboxylic acids is 2. The summed E-state index contributed by atoms with van der Waals surface area (Å²) in [6.07, 6.45) is 4.37. The highest BCUT2D eigenvalue weighted by Crippen LogP contribution is 2.24. The lowest BCUT2D eigenvalue weighted by Crippen LogP contribution is -2.60. The molecule has 106 valence electrons. The lowest BCUT2D eigenvalue weighted by molar-refractivity contribution is -0.158. The van der Waals surface area contributed by atoms with Crippen LogP contribution < -0.4 is 0 Å². The number of aromatic nitrogens is 1. The van der Waals surface area contributed by atoms with Crippen LogP contribution >= 0.6 is 11.6 Å². The van der Waals surface area contributed by atoms with E-state index >= 15 is 0 Å². The number of rotatable bonds is 2. The third kappa shape index (κ3) is 2.50. The van der Waals surface area contributed by atoms with Crippen LogP contribution in [0.25, 0.3) is 0 Å². The van der Waals surface area contributed by atoms with Gasteiger partial charge in [0.15, 0.2) is 0 Å². The topological polar surface area (TPSA) is 53.5 Å². The number of carbonyl (C=O) groups is 2. The summed E-state index contributed by atoms with van der Waals surface area (Å²) in [7, 11) is 0. The van der Waals surface area contributed by atoms with Gasteiger partial charge < -0.3 is 9.80 Å². The largest absolute Gasteiger partial charge is 0.329 e. The van der Waals surface area contributed by atoms with E-state index in [1.165, 1.54) is 0 Å². The van der Waals surface area contributed by atoms with Gasteiger partial charge in [0.2, 0.25) is 11.8 Å². The van der Waals surface area contributed by atoms with Gasteiger partial charge in [-0.1, -0.05) is 11.6 Å². The van der Waals surface area contributed by atoms with Gasteiger partial charge >= 0.3 is 0 Å². The Hall–Kier alpha value is -1.62. The fourth-order valence-corrected chi connectivity index (χ4v) is 3.08. The van der Waals surface area contributed by atoms with Crippen molar-refractivity contribution in [1.29, 1.82) is 0 Å². The Labute approximate surface area is 122 Å². The van der Waals surface area contributed by atoms with Crippen LogP contribution in [0.2, 0.25) is 5.02 Å². The molecule has 2 amide bonds. The van der Waals surface area contributed by atoms with Crippen LogP contribution in [0, 0.1) is 0 Å². The van der Waals surface area contributed by atoms with Crippen LogP contribution in [0.3, 0.4) is 0 Å². The van der Waals surface area contributed by atoms with Crippen LogP contribution in [0.5, 0.6) is 0 Å². The average molecular weight is 294 g/mol. The summed E-state index contributed by atoms with van der Waals surface area (Å²) in [5, 5.41) is 0.588. The molecule has 1 unspecified atom stereocenters. The second-order valence-electron chi connectivity index (χ2n) is 5.26. The lowest BCUT2D eigenvalue weighted by atomic mass is 9.98. The fourth-order valence-electron chi connectivity index (χ4n) is 2.89. The maximum atomic E-state index is 12.5. The summed E-state index contributed by atoms with van der Waals surface area (Å²) in [4.78, 5) is 32.1. The number of pyridine rings is 1. The molecule has 5 nitrogen and oxygen atoms in total. The van der Waals surface area contributed by atoms with E-state index in [1.54, 1.807) is 28.1 Å². The molecule has 3 rings (SSSR count). The molecule has 20 heavy (non-hydrogen) atoms. The van der Waals surface area contributed by atoms with Gasteiger partial charge in [0.25, 0.3) is 0 Å². The van der Waals surface area contributed by atoms with E-state index in [0.29, 0.717) is 23.8 Å². The highest BCUT2D eigenvalue weighted by molar-refractivity contribution is 6.30. The molecule has 2 aliphatic rings. The molecule has 1 aromatic rings. The monoisotopic (exact) mass is 293 g/mol. The first-order valence-electron chi connectivity index (χ1n) is 6.84. The van der Waals surface area contributed by atoms with Gasteiger partial charge in [-0.3, -0.25) is 14.6 Å². The van der Waals surface area contributed by atoms with Crippen molar-refractivity contribution in [2.75, 3.05) is 13.1 Å². The minimum Gasteiger partial charge on any atom is -0.329 e. The summed E-state index contributed by atoms with van der Waals surface area (Å²) in [6.45, 7) is 1.19. The first-order chi connectivity index (χ1) is 9.65. The molecule has 0 aliphatic carbocycles. The number of fused-ring (bicyclic) bond motifs is 1. The van der Waals surface area contributed by atoms with Crippen molar-refractivity contribution >= 4 is 23.4 Å². The Kier molecular flexibility index (Phi) is 3.61. The molecular weight excluding hydrogens is 278 g/mol. The number of piperidine rings is 1. The van der Waals surface area contributed by atoms with Crippen LogP contribution in [0.4, 0.5) is 0 Å². The molecule has 0 bridgehead atoms. The Bertz CT molecular complexity index is 549. The van der Waals surface area contributed by atoms with Gasteiger partial charge in [-0.15, -0.1) is 0 Å². The summed E-state index contributed by atoms with van der Waals surface area (Å²) >= 11 is 5.92. The number of piperazine rings is 1. The number of hydrogen-bond donors (Lipinski definition) is 0. The first kappa shape index (κ1) is 13.4. The SMILES string of the molecule is O=C1C2CCCCN2C(=O)CN1Cc1cc(Cl)ccn1. The van der Waals surface area contributed by atoms with Gasteiger partial charge in [-0.05, 0) is 31.4 Å². The minimum atomic E-state index is -0.274. The normalized spacial score (nSPS) is 22.9. The quantitative estimate of drug-likeness (QED) is 0.829. The van der Waals surface area contributed by atoms with Gasteiger partial charge in [0.1, 0.15) is 12.6 Å². The molecular formula is C14H16ClN3O2. The van der Waals surface area contributed by atoms with Crippen molar-refractivity contribution in [3.05, 3.63) is 29.0 Å². The molecule has 1 atom stereocenters. The predicted octanol–water partition coefficient (Wildman–Crippen LogP) is 1.46. The fraction of sp³-hybridized carbons (Fsp3) is 0.500. The zero-order valence-electron chi connectivity index (χ0n) is 11.1. The van der Waals surface area contributed by atoms with Gasteiger partial charge in [-0.25, -0.2) is 0 Å². The smallest absolute Gasteiger partial charge is 0.246 e. The third-order valence-corrected chi connectivity index (χ3v) is 4.11. The van der Waals surface area contributed by atoms with Crippen molar-refractivity contribution in [1.82, 2.24) is 14.8 Å². The Morgan fingerprint density at radius 2 is 2.20 bits per heavy atom. The summed E-state index contributed by atoms with van der Waals surface area (Å²) < 4.78 is 0. The maximum Gasteiger partial charge on any atom is 0.246 e. The molecule has 0 saturated carbocycles. The Balaban J connectivity index is 1.77. The molecule has 1 aromatic heterocycles. The van der Waals surface area contributed by atoms with Crippen molar-refractivity contribution < 1.29 is 9.59 Å². The van der Waals surface area contributed by atoms with Crippen LogP contribution in [0.15, 0.2) is 18.3 Å². The predicted molar refractivity (Wildman–Crippen MR) is 74.0 cm³/mol. The van der Waals surface area contributed by atoms with Crippen LogP contribution in [-0.2, 0) is 16.1 Å². The number of halogens is 1. The van der Waals surface area contributed by atoms with Gasteiger partial charge in [0.05, 0.1) is 12.2 Å². The van der Waals surface area contributed by atoms with E-state index in [-0.39, 0.29) is 24.4 Å². The zero-order chi connectivity index (χ0) is 14.1. The number of amides is 2. The molecule has 2 fully saturated rings. The van der Waals surface area contributed by atoms with Crippen molar-refractivity contribution in [2.24, 2.45) is 0 Å². The first-order valence-corrected chi connectivity index (χ1v) is 7.21. The summed E-state index contributed by atoms with van der Waals surface area (Å²) in [5.74, 6) is 0.0717. The van der Waals surface area contributed by atoms with Crippen molar-refractivity contribution in [2.45, 2.75) is 31.8 Å². The van der Waals surface area contributed by atoms with E-state index < -0.39 is 0 Å². The zero-order valence-corrected chi connectivity index (χ0v) is 11.8. The molecule has 3 heterocycles. The molecule has 6 heteroatoms. The average Bonchev–Trinajstić information content (AvgIpc) is 2.45. The van der Waals surface area contributed by atoms with Gasteiger partial charge in [0, 0.05) is 17.8 Å². The molecule has 0 aromatic carbocycles. The Morgan fingerprint density at radius 1 is 1.35 bits per heavy atom. The van der Waals surface area contributed by atoms with E-state index in [4.69, 9.17) is 11.6 Å². The summed E-state index contributed by atoms with van der Waals surface area (Å²) in [6, 6.07) is 3.15. The van der Waals surface area contributed by atoms with E-state index in [9.17, 15) is 9.59 Å². The van der Waals surface area contributed by atoms with E-state index in [1.807, 2.05) is 0 Å². The minimum absolute atomic E-state index is 0.0334. The van der Waals surface area contributed by atoms with Crippen molar-refractivity contribution in [3.63, 3.8) is 0 Å².